The van der Waals surface area contributed by atoms with Crippen LogP contribution in [0.3, 0.4) is 0 Å². The van der Waals surface area contributed by atoms with E-state index in [9.17, 15) is 4.79 Å². The molecule has 0 spiro atoms. The van der Waals surface area contributed by atoms with E-state index in [0.29, 0.717) is 19.0 Å². The van der Waals surface area contributed by atoms with Crippen LogP contribution in [-0.4, -0.2) is 73.1 Å². The predicted molar refractivity (Wildman–Crippen MR) is 83.9 cm³/mol. The van der Waals surface area contributed by atoms with Crippen LogP contribution in [0.25, 0.3) is 0 Å². The smallest absolute Gasteiger partial charge is 0.230 e. The molecule has 0 saturated carbocycles. The van der Waals surface area contributed by atoms with Crippen molar-refractivity contribution in [2.45, 2.75) is 17.1 Å². The second kappa shape index (κ2) is 7.92. The van der Waals surface area contributed by atoms with Crippen LogP contribution in [0, 0.1) is 0 Å². The number of hydrogen-bond donors (Lipinski definition) is 1. The van der Waals surface area contributed by atoms with Gasteiger partial charge in [-0.3, -0.25) is 9.69 Å². The molecular formula is C15H21N3O3S. The van der Waals surface area contributed by atoms with Crippen LogP contribution in [0.2, 0.25) is 0 Å². The molecule has 2 saturated heterocycles. The van der Waals surface area contributed by atoms with Gasteiger partial charge in [-0.15, -0.1) is 0 Å². The Morgan fingerprint density at radius 1 is 1.32 bits per heavy atom. The summed E-state index contributed by atoms with van der Waals surface area (Å²) in [5.41, 5.74) is 0. The largest absolute Gasteiger partial charge is 0.379 e. The fourth-order valence-electron chi connectivity index (χ4n) is 2.77. The summed E-state index contributed by atoms with van der Waals surface area (Å²) in [7, 11) is 0. The third kappa shape index (κ3) is 4.19. The van der Waals surface area contributed by atoms with Crippen LogP contribution >= 0.6 is 11.8 Å². The van der Waals surface area contributed by atoms with Crippen molar-refractivity contribution in [2.75, 3.05) is 45.3 Å². The number of thioether (sulfide) groups is 1. The van der Waals surface area contributed by atoms with Crippen LogP contribution in [0.1, 0.15) is 0 Å². The second-order valence-electron chi connectivity index (χ2n) is 5.38. The molecule has 120 valence electrons. The third-order valence-electron chi connectivity index (χ3n) is 3.90. The molecule has 1 amide bonds. The number of nitrogens with zero attached hydrogens (tertiary/aromatic N) is 2. The Hall–Kier alpha value is -1.15. The van der Waals surface area contributed by atoms with Crippen molar-refractivity contribution in [1.82, 2.24) is 15.2 Å². The van der Waals surface area contributed by atoms with Crippen LogP contribution in [0.4, 0.5) is 0 Å². The van der Waals surface area contributed by atoms with E-state index in [-0.39, 0.29) is 18.0 Å². The molecule has 0 radical (unpaired) electrons. The summed E-state index contributed by atoms with van der Waals surface area (Å²) < 4.78 is 11.0. The van der Waals surface area contributed by atoms with Gasteiger partial charge >= 0.3 is 0 Å². The average molecular weight is 323 g/mol. The van der Waals surface area contributed by atoms with E-state index >= 15 is 0 Å². The zero-order valence-corrected chi connectivity index (χ0v) is 13.3. The van der Waals surface area contributed by atoms with Gasteiger partial charge in [-0.05, 0) is 12.1 Å². The molecule has 6 nitrogen and oxygen atoms in total. The first-order valence-electron chi connectivity index (χ1n) is 7.55. The van der Waals surface area contributed by atoms with Crippen molar-refractivity contribution in [3.8, 4) is 0 Å². The topological polar surface area (TPSA) is 63.7 Å². The van der Waals surface area contributed by atoms with Crippen molar-refractivity contribution < 1.29 is 14.3 Å². The summed E-state index contributed by atoms with van der Waals surface area (Å²) in [6, 6.07) is 6.02. The minimum atomic E-state index is 0.0319. The van der Waals surface area contributed by atoms with Crippen LogP contribution < -0.4 is 5.32 Å². The Kier molecular flexibility index (Phi) is 5.66. The number of carbonyl (C=O) groups excluding carboxylic acids is 1. The van der Waals surface area contributed by atoms with Gasteiger partial charge in [-0.2, -0.15) is 0 Å². The SMILES string of the molecule is O=C(CSc1ccccn1)N[C@H]1COC[C@@H]1N1CCOCC1. The monoisotopic (exact) mass is 323 g/mol. The maximum atomic E-state index is 12.1. The molecule has 0 aliphatic carbocycles. The Morgan fingerprint density at radius 2 is 2.18 bits per heavy atom. The highest BCUT2D eigenvalue weighted by atomic mass is 32.2. The Morgan fingerprint density at radius 3 is 2.95 bits per heavy atom. The standard InChI is InChI=1S/C15H21N3O3S/c19-14(11-22-15-3-1-2-4-16-15)17-12-9-21-10-13(12)18-5-7-20-8-6-18/h1-4,12-13H,5-11H2,(H,17,19)/t12-,13-/m0/s1. The molecule has 1 aromatic rings. The lowest BCUT2D eigenvalue weighted by atomic mass is 10.1. The lowest BCUT2D eigenvalue weighted by Crippen LogP contribution is -2.54. The van der Waals surface area contributed by atoms with Gasteiger partial charge in [0.25, 0.3) is 0 Å². The minimum Gasteiger partial charge on any atom is -0.379 e. The molecule has 3 rings (SSSR count). The van der Waals surface area contributed by atoms with Gasteiger partial charge in [-0.1, -0.05) is 17.8 Å². The van der Waals surface area contributed by atoms with E-state index in [1.54, 1.807) is 6.20 Å². The van der Waals surface area contributed by atoms with E-state index in [2.05, 4.69) is 15.2 Å². The van der Waals surface area contributed by atoms with E-state index < -0.39 is 0 Å². The van der Waals surface area contributed by atoms with Crippen molar-refractivity contribution >= 4 is 17.7 Å². The summed E-state index contributed by atoms with van der Waals surface area (Å²) in [4.78, 5) is 18.7. The number of aromatic nitrogens is 1. The van der Waals surface area contributed by atoms with Gasteiger partial charge < -0.3 is 14.8 Å². The molecule has 7 heteroatoms. The lowest BCUT2D eigenvalue weighted by Gasteiger charge is -2.34. The molecule has 0 unspecified atom stereocenters. The van der Waals surface area contributed by atoms with Gasteiger partial charge in [0, 0.05) is 19.3 Å². The quantitative estimate of drug-likeness (QED) is 0.791. The second-order valence-corrected chi connectivity index (χ2v) is 6.38. The van der Waals surface area contributed by atoms with Crippen molar-refractivity contribution in [1.29, 1.82) is 0 Å². The first kappa shape index (κ1) is 15.7. The predicted octanol–water partition coefficient (Wildman–Crippen LogP) is 0.390. The van der Waals surface area contributed by atoms with E-state index in [1.165, 1.54) is 11.8 Å². The van der Waals surface area contributed by atoms with Crippen molar-refractivity contribution in [3.63, 3.8) is 0 Å². The Bertz CT molecular complexity index is 482. The molecule has 1 aromatic heterocycles. The van der Waals surface area contributed by atoms with Crippen molar-refractivity contribution in [3.05, 3.63) is 24.4 Å². The van der Waals surface area contributed by atoms with Crippen LogP contribution in [-0.2, 0) is 14.3 Å². The van der Waals surface area contributed by atoms with Gasteiger partial charge in [-0.25, -0.2) is 4.98 Å². The molecule has 22 heavy (non-hydrogen) atoms. The lowest BCUT2D eigenvalue weighted by molar-refractivity contribution is -0.119. The third-order valence-corrected chi connectivity index (χ3v) is 4.84. The van der Waals surface area contributed by atoms with E-state index in [0.717, 1.165) is 31.3 Å². The molecule has 2 atom stereocenters. The zero-order valence-electron chi connectivity index (χ0n) is 12.4. The maximum Gasteiger partial charge on any atom is 0.230 e. The highest BCUT2D eigenvalue weighted by Gasteiger charge is 2.34. The highest BCUT2D eigenvalue weighted by Crippen LogP contribution is 2.17. The normalized spacial score (nSPS) is 26.0. The molecule has 0 aromatic carbocycles. The highest BCUT2D eigenvalue weighted by molar-refractivity contribution is 7.99. The van der Waals surface area contributed by atoms with Gasteiger partial charge in [0.2, 0.25) is 5.91 Å². The maximum absolute atomic E-state index is 12.1. The first-order chi connectivity index (χ1) is 10.8. The van der Waals surface area contributed by atoms with Crippen LogP contribution in [0.5, 0.6) is 0 Å². The summed E-state index contributed by atoms with van der Waals surface area (Å²) in [5.74, 6) is 0.410. The van der Waals surface area contributed by atoms with E-state index in [1.807, 2.05) is 18.2 Å². The van der Waals surface area contributed by atoms with E-state index in [4.69, 9.17) is 9.47 Å². The van der Waals surface area contributed by atoms with Gasteiger partial charge in [0.05, 0.1) is 49.3 Å². The van der Waals surface area contributed by atoms with Gasteiger partial charge in [0.1, 0.15) is 0 Å². The summed E-state index contributed by atoms with van der Waals surface area (Å²) in [6.07, 6.45) is 1.74. The number of hydrogen-bond acceptors (Lipinski definition) is 6. The first-order valence-corrected chi connectivity index (χ1v) is 8.54. The minimum absolute atomic E-state index is 0.0319. The van der Waals surface area contributed by atoms with Crippen molar-refractivity contribution in [2.24, 2.45) is 0 Å². The fourth-order valence-corrected chi connectivity index (χ4v) is 3.44. The number of nitrogens with one attached hydrogen (secondary N) is 1. The molecule has 0 bridgehead atoms. The van der Waals surface area contributed by atoms with Gasteiger partial charge in [0.15, 0.2) is 0 Å². The molecule has 3 heterocycles. The number of ether oxygens (including phenoxy) is 2. The fraction of sp³-hybridized carbons (Fsp3) is 0.600. The molecule has 1 N–H and O–H groups in total. The molecule has 2 aliphatic rings. The number of amides is 1. The Labute approximate surface area is 134 Å². The number of morpholine rings is 1. The summed E-state index contributed by atoms with van der Waals surface area (Å²) >= 11 is 1.45. The molecule has 2 aliphatic heterocycles. The zero-order chi connectivity index (χ0) is 15.2. The summed E-state index contributed by atoms with van der Waals surface area (Å²) in [5, 5.41) is 3.97. The number of pyridine rings is 1. The number of rotatable bonds is 5. The summed E-state index contributed by atoms with van der Waals surface area (Å²) in [6.45, 7) is 4.59. The molecule has 2 fully saturated rings. The Balaban J connectivity index is 1.47. The average Bonchev–Trinajstić information content (AvgIpc) is 3.03. The number of carbonyl (C=O) groups is 1. The van der Waals surface area contributed by atoms with Crippen LogP contribution in [0.15, 0.2) is 29.4 Å². The molecular weight excluding hydrogens is 302 g/mol.